The van der Waals surface area contributed by atoms with E-state index in [-0.39, 0.29) is 6.42 Å². The maximum atomic E-state index is 12.9. The van der Waals surface area contributed by atoms with Crippen LogP contribution in [-0.4, -0.2) is 52.9 Å². The van der Waals surface area contributed by atoms with Crippen molar-refractivity contribution in [3.8, 4) is 17.2 Å². The number of nitrogens with one attached hydrogen (secondary N) is 1. The quantitative estimate of drug-likeness (QED) is 0.547. The van der Waals surface area contributed by atoms with Gasteiger partial charge in [0.25, 0.3) is 5.91 Å². The third kappa shape index (κ3) is 4.43. The van der Waals surface area contributed by atoms with Crippen molar-refractivity contribution in [1.82, 2.24) is 14.6 Å². The van der Waals surface area contributed by atoms with Gasteiger partial charge in [-0.15, -0.1) is 0 Å². The first-order valence-electron chi connectivity index (χ1n) is 9.13. The lowest BCUT2D eigenvalue weighted by Crippen LogP contribution is -2.16. The molecule has 1 aromatic carbocycles. The second-order valence-electron chi connectivity index (χ2n) is 6.35. The van der Waals surface area contributed by atoms with E-state index >= 15 is 0 Å². The van der Waals surface area contributed by atoms with Gasteiger partial charge in [0.15, 0.2) is 17.1 Å². The topological polar surface area (TPSA) is 124 Å². The first-order chi connectivity index (χ1) is 14.5. The molecule has 3 rings (SSSR count). The summed E-state index contributed by atoms with van der Waals surface area (Å²) >= 11 is 0. The number of nitrogens with zero attached hydrogens (tertiary/aromatic N) is 3. The number of carboxylic acids is 1. The molecule has 2 aromatic heterocycles. The Kier molecular flexibility index (Phi) is 6.35. The molecule has 0 atom stereocenters. The highest BCUT2D eigenvalue weighted by atomic mass is 16.5. The minimum atomic E-state index is -0.864. The molecule has 0 aliphatic heterocycles. The number of carbonyl (C=O) groups is 2. The molecule has 158 valence electrons. The van der Waals surface area contributed by atoms with E-state index in [1.54, 1.807) is 30.5 Å². The Labute approximate surface area is 172 Å². The highest BCUT2D eigenvalue weighted by Crippen LogP contribution is 2.38. The maximum absolute atomic E-state index is 12.9. The number of aryl methyl sites for hydroxylation is 1. The highest BCUT2D eigenvalue weighted by molar-refractivity contribution is 6.04. The second-order valence-corrected chi connectivity index (χ2v) is 6.35. The third-order valence-electron chi connectivity index (χ3n) is 4.40. The first-order valence-corrected chi connectivity index (χ1v) is 9.13. The number of hydrogen-bond acceptors (Lipinski definition) is 7. The molecule has 0 unspecified atom stereocenters. The van der Waals surface area contributed by atoms with Crippen molar-refractivity contribution in [1.29, 1.82) is 0 Å². The summed E-state index contributed by atoms with van der Waals surface area (Å²) in [5, 5.41) is 15.8. The summed E-state index contributed by atoms with van der Waals surface area (Å²) in [6, 6.07) is 6.48. The zero-order valence-electron chi connectivity index (χ0n) is 16.8. The van der Waals surface area contributed by atoms with Crippen LogP contribution in [0.3, 0.4) is 0 Å². The Morgan fingerprint density at radius 3 is 2.40 bits per heavy atom. The van der Waals surface area contributed by atoms with Crippen molar-refractivity contribution >= 4 is 23.3 Å². The van der Waals surface area contributed by atoms with Gasteiger partial charge >= 0.3 is 5.97 Å². The number of ether oxygens (including phenoxy) is 3. The van der Waals surface area contributed by atoms with E-state index in [2.05, 4.69) is 15.4 Å². The van der Waals surface area contributed by atoms with Gasteiger partial charge in [-0.1, -0.05) is 0 Å². The van der Waals surface area contributed by atoms with Gasteiger partial charge in [-0.2, -0.15) is 9.61 Å². The number of aliphatic carboxylic acids is 1. The summed E-state index contributed by atoms with van der Waals surface area (Å²) in [6.45, 7) is 0. The zero-order chi connectivity index (χ0) is 21.7. The lowest BCUT2D eigenvalue weighted by Gasteiger charge is -2.14. The number of anilines is 1. The SMILES string of the molecule is COc1cc(C(=O)Nc2cc(CCCC(=O)O)nc3ccnn23)cc(OC)c1OC. The van der Waals surface area contributed by atoms with Crippen LogP contribution in [0.15, 0.2) is 30.5 Å². The molecule has 10 nitrogen and oxygen atoms in total. The molecule has 0 aliphatic rings. The van der Waals surface area contributed by atoms with E-state index in [4.69, 9.17) is 19.3 Å². The van der Waals surface area contributed by atoms with E-state index in [1.165, 1.54) is 25.8 Å². The standard InChI is InChI=1S/C20H22N4O6/c1-28-14-9-12(10-15(29-2)19(14)30-3)20(27)23-17-11-13(5-4-6-18(25)26)22-16-7-8-21-24(16)17/h7-11H,4-6H2,1-3H3,(H,23,27)(H,25,26). The predicted molar refractivity (Wildman–Crippen MR) is 108 cm³/mol. The number of carboxylic acid groups (broad SMARTS) is 1. The van der Waals surface area contributed by atoms with Crippen molar-refractivity contribution in [2.75, 3.05) is 26.6 Å². The zero-order valence-corrected chi connectivity index (χ0v) is 16.8. The second kappa shape index (κ2) is 9.12. The summed E-state index contributed by atoms with van der Waals surface area (Å²) in [5.41, 5.74) is 1.50. The Hall–Kier alpha value is -3.82. The first kappa shape index (κ1) is 20.9. The minimum absolute atomic E-state index is 0.0409. The summed E-state index contributed by atoms with van der Waals surface area (Å²) in [6.07, 6.45) is 2.51. The van der Waals surface area contributed by atoms with Gasteiger partial charge in [0, 0.05) is 29.8 Å². The molecule has 30 heavy (non-hydrogen) atoms. The molecule has 2 heterocycles. The number of methoxy groups -OCH3 is 3. The molecule has 3 aromatic rings. The number of hydrogen-bond donors (Lipinski definition) is 2. The van der Waals surface area contributed by atoms with Gasteiger partial charge in [-0.05, 0) is 25.0 Å². The molecule has 0 saturated heterocycles. The van der Waals surface area contributed by atoms with Crippen LogP contribution in [0.25, 0.3) is 5.65 Å². The Balaban J connectivity index is 1.91. The van der Waals surface area contributed by atoms with Gasteiger partial charge in [0.2, 0.25) is 5.75 Å². The largest absolute Gasteiger partial charge is 0.493 e. The molecule has 0 aliphatic carbocycles. The van der Waals surface area contributed by atoms with Crippen LogP contribution in [0, 0.1) is 0 Å². The smallest absolute Gasteiger partial charge is 0.303 e. The van der Waals surface area contributed by atoms with Crippen molar-refractivity contribution < 1.29 is 28.9 Å². The monoisotopic (exact) mass is 414 g/mol. The van der Waals surface area contributed by atoms with Gasteiger partial charge in [-0.25, -0.2) is 4.98 Å². The fourth-order valence-corrected chi connectivity index (χ4v) is 3.00. The normalized spacial score (nSPS) is 10.6. The summed E-state index contributed by atoms with van der Waals surface area (Å²) < 4.78 is 17.4. The molecular formula is C20H22N4O6. The average molecular weight is 414 g/mol. The molecule has 0 radical (unpaired) electrons. The van der Waals surface area contributed by atoms with E-state index in [0.29, 0.717) is 52.8 Å². The Bertz CT molecular complexity index is 1050. The van der Waals surface area contributed by atoms with Crippen LogP contribution >= 0.6 is 0 Å². The Morgan fingerprint density at radius 1 is 1.10 bits per heavy atom. The van der Waals surface area contributed by atoms with Crippen molar-refractivity contribution in [3.63, 3.8) is 0 Å². The summed E-state index contributed by atoms with van der Waals surface area (Å²) in [5.74, 6) is 0.237. The fraction of sp³-hybridized carbons (Fsp3) is 0.300. The number of rotatable bonds is 9. The Morgan fingerprint density at radius 2 is 1.80 bits per heavy atom. The number of amides is 1. The van der Waals surface area contributed by atoms with Gasteiger partial charge in [-0.3, -0.25) is 9.59 Å². The van der Waals surface area contributed by atoms with Crippen LogP contribution < -0.4 is 19.5 Å². The van der Waals surface area contributed by atoms with Crippen LogP contribution in [0.5, 0.6) is 17.2 Å². The number of fused-ring (bicyclic) bond motifs is 1. The number of aromatic nitrogens is 3. The van der Waals surface area contributed by atoms with Crippen LogP contribution in [-0.2, 0) is 11.2 Å². The van der Waals surface area contributed by atoms with Gasteiger partial charge in [0.1, 0.15) is 5.82 Å². The van der Waals surface area contributed by atoms with Crippen LogP contribution in [0.4, 0.5) is 5.82 Å². The van der Waals surface area contributed by atoms with Gasteiger partial charge < -0.3 is 24.6 Å². The molecular weight excluding hydrogens is 392 g/mol. The molecule has 0 bridgehead atoms. The van der Waals surface area contributed by atoms with E-state index in [1.807, 2.05) is 0 Å². The van der Waals surface area contributed by atoms with Crippen LogP contribution in [0.1, 0.15) is 28.9 Å². The average Bonchev–Trinajstić information content (AvgIpc) is 3.21. The lowest BCUT2D eigenvalue weighted by molar-refractivity contribution is -0.137. The van der Waals surface area contributed by atoms with Crippen molar-refractivity contribution in [3.05, 3.63) is 41.7 Å². The molecule has 0 spiro atoms. The van der Waals surface area contributed by atoms with Crippen LogP contribution in [0.2, 0.25) is 0 Å². The van der Waals surface area contributed by atoms with E-state index in [0.717, 1.165) is 0 Å². The van der Waals surface area contributed by atoms with Crippen molar-refractivity contribution in [2.24, 2.45) is 0 Å². The third-order valence-corrected chi connectivity index (χ3v) is 4.40. The molecule has 2 N–H and O–H groups in total. The fourth-order valence-electron chi connectivity index (χ4n) is 3.00. The summed E-state index contributed by atoms with van der Waals surface area (Å²) in [7, 11) is 4.43. The predicted octanol–water partition coefficient (Wildman–Crippen LogP) is 2.41. The molecule has 10 heteroatoms. The number of benzene rings is 1. The number of carbonyl (C=O) groups excluding carboxylic acids is 1. The summed E-state index contributed by atoms with van der Waals surface area (Å²) in [4.78, 5) is 28.1. The van der Waals surface area contributed by atoms with Gasteiger partial charge in [0.05, 0.1) is 27.5 Å². The lowest BCUT2D eigenvalue weighted by atomic mass is 10.1. The van der Waals surface area contributed by atoms with Crippen molar-refractivity contribution in [2.45, 2.75) is 19.3 Å². The molecule has 1 amide bonds. The minimum Gasteiger partial charge on any atom is -0.493 e. The highest BCUT2D eigenvalue weighted by Gasteiger charge is 2.18. The van der Waals surface area contributed by atoms with E-state index in [9.17, 15) is 9.59 Å². The molecule has 0 fully saturated rings. The maximum Gasteiger partial charge on any atom is 0.303 e. The van der Waals surface area contributed by atoms with E-state index < -0.39 is 11.9 Å². The molecule has 0 saturated carbocycles.